The topological polar surface area (TPSA) is 78.0 Å². The summed E-state index contributed by atoms with van der Waals surface area (Å²) in [4.78, 5) is 11.4. The Balaban J connectivity index is 0.00000128. The lowest BCUT2D eigenvalue weighted by atomic mass is 9.99. The molecule has 1 aliphatic heterocycles. The van der Waals surface area contributed by atoms with Crippen LogP contribution in [0.3, 0.4) is 0 Å². The van der Waals surface area contributed by atoms with E-state index in [2.05, 4.69) is 0 Å². The minimum atomic E-state index is -0.204. The number of benzene rings is 1. The van der Waals surface area contributed by atoms with Gasteiger partial charge in [0.2, 0.25) is 0 Å². The third kappa shape index (κ3) is 2.40. The van der Waals surface area contributed by atoms with Crippen LogP contribution in [0.1, 0.15) is 34.3 Å². The minimum Gasteiger partial charge on any atom is -0.457 e. The molecule has 0 bridgehead atoms. The van der Waals surface area contributed by atoms with E-state index in [1.807, 2.05) is 18.2 Å². The van der Waals surface area contributed by atoms with Crippen LogP contribution in [-0.4, -0.2) is 23.2 Å². The van der Waals surface area contributed by atoms with E-state index < -0.39 is 0 Å². The van der Waals surface area contributed by atoms with Crippen LogP contribution in [0, 0.1) is 0 Å². The van der Waals surface area contributed by atoms with E-state index >= 15 is 0 Å². The Hall–Kier alpha value is -1.39. The van der Waals surface area contributed by atoms with Crippen molar-refractivity contribution >= 4 is 5.97 Å². The number of aliphatic hydroxyl groups is 1. The van der Waals surface area contributed by atoms with E-state index in [4.69, 9.17) is 9.84 Å². The summed E-state index contributed by atoms with van der Waals surface area (Å²) >= 11 is 0. The molecule has 0 aliphatic carbocycles. The monoisotopic (exact) mass is 224 g/mol. The summed E-state index contributed by atoms with van der Waals surface area (Å²) in [5.41, 5.74) is 2.78. The fourth-order valence-electron chi connectivity index (χ4n) is 1.89. The molecule has 3 N–H and O–H groups in total. The Bertz CT molecular complexity index is 373. The Morgan fingerprint density at radius 3 is 2.88 bits per heavy atom. The zero-order valence-electron chi connectivity index (χ0n) is 9.03. The molecule has 0 fully saturated rings. The summed E-state index contributed by atoms with van der Waals surface area (Å²) in [6, 6.07) is 5.84. The molecule has 1 aromatic carbocycles. The van der Waals surface area contributed by atoms with Gasteiger partial charge in [-0.2, -0.15) is 0 Å². The van der Waals surface area contributed by atoms with Crippen LogP contribution in [-0.2, 0) is 17.8 Å². The number of fused-ring (bicyclic) bond motifs is 1. The molecule has 1 aromatic rings. The number of unbranched alkanes of at least 4 members (excludes halogenated alkanes) is 1. The van der Waals surface area contributed by atoms with Crippen LogP contribution in [0.5, 0.6) is 0 Å². The van der Waals surface area contributed by atoms with Gasteiger partial charge in [-0.05, 0) is 24.8 Å². The van der Waals surface area contributed by atoms with Crippen molar-refractivity contribution in [2.24, 2.45) is 0 Å². The van der Waals surface area contributed by atoms with Gasteiger partial charge < -0.3 is 15.3 Å². The van der Waals surface area contributed by atoms with Gasteiger partial charge in [0.25, 0.3) is 0 Å². The minimum absolute atomic E-state index is 0. The van der Waals surface area contributed by atoms with Gasteiger partial charge in [0.05, 0.1) is 5.56 Å². The zero-order valence-corrected chi connectivity index (χ0v) is 9.03. The second-order valence-corrected chi connectivity index (χ2v) is 3.71. The first-order valence-electron chi connectivity index (χ1n) is 5.21. The van der Waals surface area contributed by atoms with E-state index in [0.29, 0.717) is 6.61 Å². The third-order valence-corrected chi connectivity index (χ3v) is 2.65. The van der Waals surface area contributed by atoms with Crippen molar-refractivity contribution in [3.63, 3.8) is 0 Å². The molecule has 88 valence electrons. The highest BCUT2D eigenvalue weighted by molar-refractivity contribution is 5.94. The molecular weight excluding hydrogens is 208 g/mol. The van der Waals surface area contributed by atoms with Crippen LogP contribution in [0.15, 0.2) is 18.2 Å². The predicted molar refractivity (Wildman–Crippen MR) is 59.2 cm³/mol. The second-order valence-electron chi connectivity index (χ2n) is 3.71. The van der Waals surface area contributed by atoms with E-state index in [-0.39, 0.29) is 18.1 Å². The molecule has 1 aliphatic rings. The van der Waals surface area contributed by atoms with Crippen molar-refractivity contribution in [1.29, 1.82) is 0 Å². The highest BCUT2D eigenvalue weighted by Crippen LogP contribution is 2.24. The summed E-state index contributed by atoms with van der Waals surface area (Å²) in [7, 11) is 0. The maximum Gasteiger partial charge on any atom is 0.339 e. The number of carbonyl (C=O) groups is 1. The summed E-state index contributed by atoms with van der Waals surface area (Å²) in [5.74, 6) is -0.204. The molecule has 0 radical (unpaired) electrons. The molecule has 4 nitrogen and oxygen atoms in total. The average molecular weight is 224 g/mol. The number of hydrogen-bond acceptors (Lipinski definition) is 3. The lowest BCUT2D eigenvalue weighted by Crippen LogP contribution is -2.01. The van der Waals surface area contributed by atoms with Gasteiger partial charge in [-0.1, -0.05) is 18.2 Å². The molecule has 0 unspecified atom stereocenters. The number of cyclic esters (lactones) is 1. The van der Waals surface area contributed by atoms with Crippen molar-refractivity contribution in [2.45, 2.75) is 25.9 Å². The summed E-state index contributed by atoms with van der Waals surface area (Å²) in [5, 5.41) is 8.70. The smallest absolute Gasteiger partial charge is 0.339 e. The number of hydrogen-bond donors (Lipinski definition) is 1. The molecule has 0 atom stereocenters. The Kier molecular flexibility index (Phi) is 4.46. The van der Waals surface area contributed by atoms with Gasteiger partial charge in [0, 0.05) is 12.2 Å². The van der Waals surface area contributed by atoms with E-state index in [0.717, 1.165) is 36.0 Å². The van der Waals surface area contributed by atoms with Crippen molar-refractivity contribution in [1.82, 2.24) is 0 Å². The number of ether oxygens (including phenoxy) is 1. The van der Waals surface area contributed by atoms with Crippen molar-refractivity contribution in [3.8, 4) is 0 Å². The quantitative estimate of drug-likeness (QED) is 0.608. The number of rotatable bonds is 4. The fourth-order valence-corrected chi connectivity index (χ4v) is 1.89. The van der Waals surface area contributed by atoms with Gasteiger partial charge in [-0.3, -0.25) is 0 Å². The first-order valence-corrected chi connectivity index (χ1v) is 5.21. The third-order valence-electron chi connectivity index (χ3n) is 2.65. The highest BCUT2D eigenvalue weighted by atomic mass is 16.5. The van der Waals surface area contributed by atoms with Crippen LogP contribution >= 0.6 is 0 Å². The molecule has 0 amide bonds. The second kappa shape index (κ2) is 5.63. The fraction of sp³-hybridized carbons (Fsp3) is 0.417. The number of esters is 1. The van der Waals surface area contributed by atoms with Gasteiger partial charge in [-0.25, -0.2) is 4.79 Å². The highest BCUT2D eigenvalue weighted by Gasteiger charge is 2.23. The lowest BCUT2D eigenvalue weighted by Gasteiger charge is -2.04. The lowest BCUT2D eigenvalue weighted by molar-refractivity contribution is 0.0534. The van der Waals surface area contributed by atoms with Gasteiger partial charge in [0.15, 0.2) is 0 Å². The van der Waals surface area contributed by atoms with Gasteiger partial charge in [-0.15, -0.1) is 0 Å². The van der Waals surface area contributed by atoms with Crippen LogP contribution in [0.25, 0.3) is 0 Å². The molecule has 2 rings (SSSR count). The Labute approximate surface area is 94.2 Å². The van der Waals surface area contributed by atoms with Gasteiger partial charge in [0.1, 0.15) is 6.61 Å². The number of carbonyl (C=O) groups excluding carboxylic acids is 1. The van der Waals surface area contributed by atoms with Crippen molar-refractivity contribution < 1.29 is 20.1 Å². The normalized spacial score (nSPS) is 12.9. The first-order chi connectivity index (χ1) is 7.33. The standard InChI is InChI=1S/C12H14O3.H2O/c13-7-2-1-4-9-5-3-6-10-8-15-12(14)11(9)10;/h3,5-6,13H,1-2,4,7-8H2;1H2. The molecule has 0 spiro atoms. The van der Waals surface area contributed by atoms with E-state index in [1.54, 1.807) is 0 Å². The molecule has 0 aromatic heterocycles. The Morgan fingerprint density at radius 1 is 1.31 bits per heavy atom. The van der Waals surface area contributed by atoms with Crippen molar-refractivity contribution in [3.05, 3.63) is 34.9 Å². The average Bonchev–Trinajstić information content (AvgIpc) is 2.62. The molecule has 1 heterocycles. The molecule has 4 heteroatoms. The predicted octanol–water partition coefficient (Wildman–Crippen LogP) is 0.847. The maximum absolute atomic E-state index is 11.4. The maximum atomic E-state index is 11.4. The van der Waals surface area contributed by atoms with E-state index in [1.165, 1.54) is 0 Å². The molecular formula is C12H16O4. The molecule has 0 saturated carbocycles. The van der Waals surface area contributed by atoms with Crippen LogP contribution < -0.4 is 0 Å². The SMILES string of the molecule is O.O=C1OCc2cccc(CCCCO)c21. The van der Waals surface area contributed by atoms with E-state index in [9.17, 15) is 4.79 Å². The van der Waals surface area contributed by atoms with Crippen LogP contribution in [0.4, 0.5) is 0 Å². The van der Waals surface area contributed by atoms with Gasteiger partial charge >= 0.3 is 5.97 Å². The molecule has 0 saturated heterocycles. The number of aliphatic hydroxyl groups excluding tert-OH is 1. The summed E-state index contributed by atoms with van der Waals surface area (Å²) in [6.07, 6.45) is 2.51. The zero-order chi connectivity index (χ0) is 10.7. The van der Waals surface area contributed by atoms with Crippen molar-refractivity contribution in [2.75, 3.05) is 6.61 Å². The largest absolute Gasteiger partial charge is 0.457 e. The Morgan fingerprint density at radius 2 is 2.12 bits per heavy atom. The summed E-state index contributed by atoms with van der Waals surface area (Å²) < 4.78 is 4.98. The molecule has 16 heavy (non-hydrogen) atoms. The van der Waals surface area contributed by atoms with Crippen LogP contribution in [0.2, 0.25) is 0 Å². The number of aryl methyl sites for hydroxylation is 1. The summed E-state index contributed by atoms with van der Waals surface area (Å²) in [6.45, 7) is 0.613. The first kappa shape index (κ1) is 12.7.